The fourth-order valence-electron chi connectivity index (χ4n) is 3.92. The van der Waals surface area contributed by atoms with Gasteiger partial charge in [0.05, 0.1) is 22.6 Å². The first-order chi connectivity index (χ1) is 12.6. The molecule has 0 spiro atoms. The Labute approximate surface area is 154 Å². The number of nitrogens with one attached hydrogen (secondary N) is 3. The molecule has 0 radical (unpaired) electrons. The monoisotopic (exact) mass is 374 g/mol. The molecule has 3 heterocycles. The van der Waals surface area contributed by atoms with Gasteiger partial charge in [0.1, 0.15) is 5.82 Å². The van der Waals surface area contributed by atoms with E-state index in [4.69, 9.17) is 0 Å². The summed E-state index contributed by atoms with van der Waals surface area (Å²) in [4.78, 5) is 40.0. The van der Waals surface area contributed by atoms with Crippen molar-refractivity contribution in [2.24, 2.45) is 0 Å². The molecule has 1 atom stereocenters. The molecule has 2 aliphatic rings. The van der Waals surface area contributed by atoms with Gasteiger partial charge in [-0.1, -0.05) is 31.7 Å². The number of carbonyl (C=O) groups excluding carboxylic acids is 1. The maximum absolute atomic E-state index is 12.8. The number of aromatic amines is 2. The topological polar surface area (TPSA) is 99.8 Å². The van der Waals surface area contributed by atoms with E-state index < -0.39 is 5.25 Å². The molecule has 3 N–H and O–H groups in total. The summed E-state index contributed by atoms with van der Waals surface area (Å²) in [5.74, 6) is 0.593. The van der Waals surface area contributed by atoms with Crippen LogP contribution in [0, 0.1) is 0 Å². The molecule has 7 nitrogen and oxygen atoms in total. The van der Waals surface area contributed by atoms with E-state index in [1.807, 2.05) is 4.68 Å². The van der Waals surface area contributed by atoms with Gasteiger partial charge in [-0.3, -0.25) is 24.2 Å². The molecule has 0 aromatic carbocycles. The lowest BCUT2D eigenvalue weighted by Crippen LogP contribution is -2.20. The first-order valence-electron chi connectivity index (χ1n) is 9.08. The maximum atomic E-state index is 12.8. The largest absolute Gasteiger partial charge is 0.329 e. The summed E-state index contributed by atoms with van der Waals surface area (Å²) in [6.07, 6.45) is 8.17. The Morgan fingerprint density at radius 1 is 1.04 bits per heavy atom. The van der Waals surface area contributed by atoms with Gasteiger partial charge in [0.25, 0.3) is 11.1 Å². The van der Waals surface area contributed by atoms with E-state index in [2.05, 4.69) is 15.4 Å². The molecular weight excluding hydrogens is 352 g/mol. The molecule has 8 heteroatoms. The second kappa shape index (κ2) is 7.19. The van der Waals surface area contributed by atoms with Gasteiger partial charge in [0.2, 0.25) is 5.91 Å². The number of aromatic nitrogens is 3. The van der Waals surface area contributed by atoms with Crippen LogP contribution in [0.5, 0.6) is 0 Å². The normalized spacial score (nSPS) is 21.5. The standard InChI is InChI=1S/C18H22N4O3S/c23-13-10-26-15(12-8-5-9-19-17(12)24)14-16(20-13)22(21-18(14)25)11-6-3-1-2-4-7-11/h5,8-9,11,15H,1-4,6-7,10H2,(H,19,24)(H,20,23)(H,21,25). The van der Waals surface area contributed by atoms with Crippen LogP contribution in [0.25, 0.3) is 0 Å². The van der Waals surface area contributed by atoms with Crippen molar-refractivity contribution in [3.05, 3.63) is 50.2 Å². The van der Waals surface area contributed by atoms with Gasteiger partial charge >= 0.3 is 0 Å². The quantitative estimate of drug-likeness (QED) is 0.703. The van der Waals surface area contributed by atoms with Gasteiger partial charge in [-0.15, -0.1) is 11.8 Å². The van der Waals surface area contributed by atoms with Gasteiger partial charge in [0.15, 0.2) is 0 Å². The molecule has 2 aromatic rings. The number of hydrogen-bond donors (Lipinski definition) is 3. The summed E-state index contributed by atoms with van der Waals surface area (Å²) in [5, 5.41) is 5.38. The molecule has 1 amide bonds. The fraction of sp³-hybridized carbons (Fsp3) is 0.500. The SMILES string of the molecule is O=C1CSC(c2ccc[nH]c2=O)c2c(n(C3CCCCCC3)[nH]c2=O)N1. The van der Waals surface area contributed by atoms with Gasteiger partial charge in [-0.2, -0.15) is 0 Å². The zero-order chi connectivity index (χ0) is 18.1. The van der Waals surface area contributed by atoms with Crippen LogP contribution in [0.1, 0.15) is 60.9 Å². The summed E-state index contributed by atoms with van der Waals surface area (Å²) < 4.78 is 1.84. The first-order valence-corrected chi connectivity index (χ1v) is 10.1. The van der Waals surface area contributed by atoms with Crippen LogP contribution < -0.4 is 16.4 Å². The third-order valence-electron chi connectivity index (χ3n) is 5.18. The molecular formula is C18H22N4O3S. The highest BCUT2D eigenvalue weighted by atomic mass is 32.2. The zero-order valence-electron chi connectivity index (χ0n) is 14.4. The second-order valence-electron chi connectivity index (χ2n) is 6.91. The number of thioether (sulfide) groups is 1. The first kappa shape index (κ1) is 17.2. The number of carbonyl (C=O) groups is 1. The van der Waals surface area contributed by atoms with Gasteiger partial charge < -0.3 is 10.3 Å². The minimum atomic E-state index is -0.468. The van der Waals surface area contributed by atoms with Gasteiger partial charge in [-0.25, -0.2) is 0 Å². The van der Waals surface area contributed by atoms with E-state index in [9.17, 15) is 14.4 Å². The van der Waals surface area contributed by atoms with Crippen molar-refractivity contribution in [1.82, 2.24) is 14.8 Å². The van der Waals surface area contributed by atoms with Crippen LogP contribution in [0.4, 0.5) is 5.82 Å². The lowest BCUT2D eigenvalue weighted by Gasteiger charge is -2.19. The number of pyridine rings is 1. The molecule has 1 aliphatic carbocycles. The van der Waals surface area contributed by atoms with E-state index in [1.165, 1.54) is 24.6 Å². The number of H-pyrrole nitrogens is 2. The summed E-state index contributed by atoms with van der Waals surface area (Å²) in [5.41, 5.74) is 0.514. The van der Waals surface area contributed by atoms with E-state index in [0.717, 1.165) is 25.7 Å². The van der Waals surface area contributed by atoms with Gasteiger partial charge in [0, 0.05) is 11.8 Å². The van der Waals surface area contributed by atoms with Crippen LogP contribution in [0.2, 0.25) is 0 Å². The zero-order valence-corrected chi connectivity index (χ0v) is 15.2. The molecule has 1 aliphatic heterocycles. The number of fused-ring (bicyclic) bond motifs is 1. The molecule has 1 unspecified atom stereocenters. The fourth-order valence-corrected chi connectivity index (χ4v) is 5.06. The molecule has 138 valence electrons. The highest BCUT2D eigenvalue weighted by molar-refractivity contribution is 8.00. The number of anilines is 1. The van der Waals surface area contributed by atoms with Crippen molar-refractivity contribution in [2.75, 3.05) is 11.1 Å². The Balaban J connectivity index is 1.84. The van der Waals surface area contributed by atoms with Crippen LogP contribution in [0.15, 0.2) is 27.9 Å². The van der Waals surface area contributed by atoms with E-state index >= 15 is 0 Å². The van der Waals surface area contributed by atoms with Crippen LogP contribution in [-0.4, -0.2) is 26.4 Å². The number of rotatable bonds is 2. The Kier molecular flexibility index (Phi) is 4.76. The van der Waals surface area contributed by atoms with Gasteiger partial charge in [-0.05, 0) is 18.9 Å². The summed E-state index contributed by atoms with van der Waals surface area (Å²) in [6, 6.07) is 3.64. The average molecular weight is 374 g/mol. The summed E-state index contributed by atoms with van der Waals surface area (Å²) in [7, 11) is 0. The Morgan fingerprint density at radius 2 is 1.81 bits per heavy atom. The number of amides is 1. The second-order valence-corrected chi connectivity index (χ2v) is 8.01. The molecule has 1 saturated carbocycles. The van der Waals surface area contributed by atoms with Crippen molar-refractivity contribution < 1.29 is 4.79 Å². The van der Waals surface area contributed by atoms with Crippen molar-refractivity contribution in [3.8, 4) is 0 Å². The van der Waals surface area contributed by atoms with Crippen molar-refractivity contribution in [1.29, 1.82) is 0 Å². The third-order valence-corrected chi connectivity index (χ3v) is 6.44. The minimum absolute atomic E-state index is 0.146. The van der Waals surface area contributed by atoms with Crippen molar-refractivity contribution >= 4 is 23.5 Å². The lowest BCUT2D eigenvalue weighted by molar-refractivity contribution is -0.113. The predicted octanol–water partition coefficient (Wildman–Crippen LogP) is 2.53. The Bertz CT molecular complexity index is 921. The van der Waals surface area contributed by atoms with Crippen LogP contribution >= 0.6 is 11.8 Å². The lowest BCUT2D eigenvalue weighted by atomic mass is 10.1. The molecule has 0 bridgehead atoms. The molecule has 2 aromatic heterocycles. The van der Waals surface area contributed by atoms with Crippen LogP contribution in [-0.2, 0) is 4.79 Å². The smallest absolute Gasteiger partial charge is 0.270 e. The highest BCUT2D eigenvalue weighted by Crippen LogP contribution is 2.40. The molecule has 4 rings (SSSR count). The summed E-state index contributed by atoms with van der Waals surface area (Å²) >= 11 is 1.31. The Morgan fingerprint density at radius 3 is 2.54 bits per heavy atom. The van der Waals surface area contributed by atoms with Crippen molar-refractivity contribution in [2.45, 2.75) is 49.8 Å². The Hall–Kier alpha value is -2.22. The molecule has 1 fully saturated rings. The van der Waals surface area contributed by atoms with E-state index in [-0.39, 0.29) is 28.8 Å². The summed E-state index contributed by atoms with van der Waals surface area (Å²) in [6.45, 7) is 0. The molecule has 26 heavy (non-hydrogen) atoms. The maximum Gasteiger partial charge on any atom is 0.270 e. The number of nitrogens with zero attached hydrogens (tertiary/aromatic N) is 1. The average Bonchev–Trinajstić information content (AvgIpc) is 2.83. The molecule has 0 saturated heterocycles. The van der Waals surface area contributed by atoms with E-state index in [0.29, 0.717) is 16.9 Å². The van der Waals surface area contributed by atoms with Crippen molar-refractivity contribution in [3.63, 3.8) is 0 Å². The number of hydrogen-bond acceptors (Lipinski definition) is 4. The minimum Gasteiger partial charge on any atom is -0.329 e. The highest BCUT2D eigenvalue weighted by Gasteiger charge is 2.33. The van der Waals surface area contributed by atoms with E-state index in [1.54, 1.807) is 18.3 Å². The van der Waals surface area contributed by atoms with Crippen LogP contribution in [0.3, 0.4) is 0 Å². The predicted molar refractivity (Wildman–Crippen MR) is 102 cm³/mol. The third kappa shape index (κ3) is 3.13.